The summed E-state index contributed by atoms with van der Waals surface area (Å²) in [5.74, 6) is -1.10. The van der Waals surface area contributed by atoms with Crippen LogP contribution < -0.4 is 0 Å². The van der Waals surface area contributed by atoms with E-state index in [0.29, 0.717) is 31.1 Å². The van der Waals surface area contributed by atoms with Crippen molar-refractivity contribution in [3.05, 3.63) is 23.8 Å². The van der Waals surface area contributed by atoms with Gasteiger partial charge in [0.15, 0.2) is 0 Å². The van der Waals surface area contributed by atoms with Crippen LogP contribution in [-0.2, 0) is 14.3 Å². The number of aliphatic carboxylic acids is 1. The normalized spacial score (nSPS) is 42.6. The highest BCUT2D eigenvalue weighted by atomic mass is 16.5. The minimum Gasteiger partial charge on any atom is -0.481 e. The molecule has 6 nitrogen and oxygen atoms in total. The molecule has 0 amide bonds. The van der Waals surface area contributed by atoms with Gasteiger partial charge in [0.1, 0.15) is 6.10 Å². The molecule has 3 N–H and O–H groups in total. The lowest BCUT2D eigenvalue weighted by Crippen LogP contribution is -2.42. The van der Waals surface area contributed by atoms with E-state index in [1.54, 1.807) is 0 Å². The first-order valence-electron chi connectivity index (χ1n) is 12.6. The monoisotopic (exact) mass is 464 g/mol. The van der Waals surface area contributed by atoms with Crippen LogP contribution in [0.2, 0.25) is 0 Å². The Bertz CT molecular complexity index is 713. The van der Waals surface area contributed by atoms with Crippen LogP contribution in [0.4, 0.5) is 0 Å². The first kappa shape index (κ1) is 27.6. The van der Waals surface area contributed by atoms with Gasteiger partial charge in [-0.3, -0.25) is 9.59 Å². The molecular weight excluding hydrogens is 420 g/mol. The van der Waals surface area contributed by atoms with Gasteiger partial charge in [-0.1, -0.05) is 45.9 Å². The van der Waals surface area contributed by atoms with Crippen molar-refractivity contribution in [2.24, 2.45) is 35.5 Å². The Morgan fingerprint density at radius 2 is 1.64 bits per heavy atom. The molecule has 0 aromatic carbocycles. The van der Waals surface area contributed by atoms with Crippen LogP contribution in [0.15, 0.2) is 23.8 Å². The van der Waals surface area contributed by atoms with E-state index < -0.39 is 36.2 Å². The number of allylic oxidation sites excluding steroid dienone is 2. The van der Waals surface area contributed by atoms with Crippen LogP contribution in [0.1, 0.15) is 79.6 Å². The highest BCUT2D eigenvalue weighted by Gasteiger charge is 2.43. The third-order valence-electron chi connectivity index (χ3n) is 7.66. The van der Waals surface area contributed by atoms with Crippen LogP contribution >= 0.6 is 0 Å². The van der Waals surface area contributed by atoms with E-state index >= 15 is 0 Å². The zero-order chi connectivity index (χ0) is 24.7. The number of rotatable bonds is 2. The van der Waals surface area contributed by atoms with Crippen LogP contribution in [0.3, 0.4) is 0 Å². The smallest absolute Gasteiger partial charge is 0.308 e. The largest absolute Gasteiger partial charge is 0.481 e. The molecule has 0 radical (unpaired) electrons. The third-order valence-corrected chi connectivity index (χ3v) is 7.66. The molecule has 1 unspecified atom stereocenters. The summed E-state index contributed by atoms with van der Waals surface area (Å²) >= 11 is 0. The van der Waals surface area contributed by atoms with Crippen LogP contribution in [0.25, 0.3) is 0 Å². The van der Waals surface area contributed by atoms with Gasteiger partial charge in [0, 0.05) is 12.3 Å². The van der Waals surface area contributed by atoms with E-state index in [-0.39, 0.29) is 24.2 Å². The number of carbonyl (C=O) groups is 2. The second-order valence-electron chi connectivity index (χ2n) is 10.9. The average molecular weight is 465 g/mol. The predicted molar refractivity (Wildman–Crippen MR) is 128 cm³/mol. The molecule has 0 bridgehead atoms. The second-order valence-corrected chi connectivity index (χ2v) is 10.9. The van der Waals surface area contributed by atoms with Gasteiger partial charge in [-0.25, -0.2) is 0 Å². The van der Waals surface area contributed by atoms with Crippen molar-refractivity contribution in [3.8, 4) is 0 Å². The van der Waals surface area contributed by atoms with Crippen molar-refractivity contribution in [3.63, 3.8) is 0 Å². The number of aliphatic hydroxyl groups is 2. The van der Waals surface area contributed by atoms with Crippen molar-refractivity contribution in [1.82, 2.24) is 0 Å². The molecule has 0 spiro atoms. The maximum Gasteiger partial charge on any atom is 0.308 e. The Labute approximate surface area is 199 Å². The van der Waals surface area contributed by atoms with Gasteiger partial charge in [-0.15, -0.1) is 0 Å². The summed E-state index contributed by atoms with van der Waals surface area (Å²) in [5, 5.41) is 30.8. The lowest BCUT2D eigenvalue weighted by atomic mass is 9.70. The summed E-state index contributed by atoms with van der Waals surface area (Å²) in [4.78, 5) is 24.2. The number of carboxylic acid groups (broad SMARTS) is 1. The molecule has 1 aliphatic carbocycles. The molecule has 0 saturated heterocycles. The Morgan fingerprint density at radius 1 is 1.00 bits per heavy atom. The Balaban J connectivity index is 2.21. The highest BCUT2D eigenvalue weighted by Crippen LogP contribution is 2.40. The van der Waals surface area contributed by atoms with Gasteiger partial charge >= 0.3 is 11.9 Å². The van der Waals surface area contributed by atoms with Gasteiger partial charge in [-0.05, 0) is 68.3 Å². The summed E-state index contributed by atoms with van der Waals surface area (Å²) in [6.45, 7) is 10.3. The molecule has 1 heterocycles. The number of aliphatic hydroxyl groups excluding tert-OH is 2. The quantitative estimate of drug-likeness (QED) is 0.510. The third kappa shape index (κ3) is 8.25. The first-order chi connectivity index (χ1) is 15.5. The highest BCUT2D eigenvalue weighted by molar-refractivity contribution is 5.72. The SMILES string of the molecule is C/C1=C/C=C/CC([C@@H]2CC[C@H]2C(=O)O)OC(=O)C[C@H](O)[C@@H](C)C[C@@H](C)C[C@@H](C)C[C@H](C)[C@H]1O. The zero-order valence-corrected chi connectivity index (χ0v) is 20.9. The van der Waals surface area contributed by atoms with Gasteiger partial charge < -0.3 is 20.1 Å². The molecule has 33 heavy (non-hydrogen) atoms. The van der Waals surface area contributed by atoms with Gasteiger partial charge in [-0.2, -0.15) is 0 Å². The molecular formula is C27H44O6. The predicted octanol–water partition coefficient (Wildman–Crippen LogP) is 4.74. The summed E-state index contributed by atoms with van der Waals surface area (Å²) < 4.78 is 5.72. The maximum atomic E-state index is 12.6. The molecule has 1 saturated carbocycles. The van der Waals surface area contributed by atoms with Crippen LogP contribution in [0.5, 0.6) is 0 Å². The maximum absolute atomic E-state index is 12.6. The fourth-order valence-corrected chi connectivity index (χ4v) is 5.59. The number of carbonyl (C=O) groups excluding carboxylic acids is 1. The fraction of sp³-hybridized carbons (Fsp3) is 0.778. The van der Waals surface area contributed by atoms with E-state index in [4.69, 9.17) is 4.74 Å². The molecule has 2 rings (SSSR count). The second kappa shape index (κ2) is 12.7. The Hall–Kier alpha value is -1.66. The number of hydrogen-bond acceptors (Lipinski definition) is 5. The van der Waals surface area contributed by atoms with Crippen LogP contribution in [0, 0.1) is 35.5 Å². The average Bonchev–Trinajstić information content (AvgIpc) is 2.67. The van der Waals surface area contributed by atoms with Crippen LogP contribution in [-0.4, -0.2) is 45.6 Å². The van der Waals surface area contributed by atoms with Crippen molar-refractivity contribution in [2.45, 2.75) is 97.9 Å². The molecule has 1 aliphatic heterocycles. The molecule has 2 aliphatic rings. The molecule has 0 aromatic heterocycles. The van der Waals surface area contributed by atoms with E-state index in [1.807, 2.05) is 32.1 Å². The van der Waals surface area contributed by atoms with E-state index in [2.05, 4.69) is 20.8 Å². The van der Waals surface area contributed by atoms with E-state index in [0.717, 1.165) is 24.8 Å². The minimum atomic E-state index is -0.851. The van der Waals surface area contributed by atoms with Gasteiger partial charge in [0.25, 0.3) is 0 Å². The number of carboxylic acids is 1. The van der Waals surface area contributed by atoms with Gasteiger partial charge in [0.2, 0.25) is 0 Å². The lowest BCUT2D eigenvalue weighted by molar-refractivity contribution is -0.165. The van der Waals surface area contributed by atoms with Crippen molar-refractivity contribution >= 4 is 11.9 Å². The summed E-state index contributed by atoms with van der Waals surface area (Å²) in [5.41, 5.74) is 0.887. The summed E-state index contributed by atoms with van der Waals surface area (Å²) in [7, 11) is 0. The van der Waals surface area contributed by atoms with Crippen molar-refractivity contribution in [1.29, 1.82) is 0 Å². The van der Waals surface area contributed by atoms with Gasteiger partial charge in [0.05, 0.1) is 24.5 Å². The Kier molecular flexibility index (Phi) is 10.6. The van der Waals surface area contributed by atoms with E-state index in [1.165, 1.54) is 0 Å². The molecule has 6 heteroatoms. The Morgan fingerprint density at radius 3 is 2.21 bits per heavy atom. The molecule has 188 valence electrons. The topological polar surface area (TPSA) is 104 Å². The number of cyclic esters (lactones) is 1. The minimum absolute atomic E-state index is 0.0411. The molecule has 9 atom stereocenters. The number of hydrogen-bond donors (Lipinski definition) is 3. The zero-order valence-electron chi connectivity index (χ0n) is 20.9. The first-order valence-corrected chi connectivity index (χ1v) is 12.6. The summed E-state index contributed by atoms with van der Waals surface area (Å²) in [6, 6.07) is 0. The molecule has 1 fully saturated rings. The van der Waals surface area contributed by atoms with E-state index in [9.17, 15) is 24.9 Å². The standard InChI is InChI=1S/C27H44O6/c1-16-12-17(2)14-20(5)26(30)18(3)8-6-7-9-24(21-10-11-22(21)27(31)32)33-25(29)15-23(28)19(4)13-16/h6-8,16-17,19-24,26,28,30H,9-15H2,1-5H3,(H,31,32)/b7-6+,18-8-/t16-,17+,19-,20-,21+,22+,23-,24?,26-/m0/s1. The fourth-order valence-electron chi connectivity index (χ4n) is 5.59. The number of esters is 1. The lowest BCUT2D eigenvalue weighted by Gasteiger charge is -2.38. The van der Waals surface area contributed by atoms with Crippen molar-refractivity contribution < 1.29 is 29.6 Å². The molecule has 0 aromatic rings. The summed E-state index contributed by atoms with van der Waals surface area (Å²) in [6.07, 6.45) is 8.16. The van der Waals surface area contributed by atoms with Crippen molar-refractivity contribution in [2.75, 3.05) is 0 Å². The number of ether oxygens (including phenoxy) is 1.